The molecule has 2 aromatic rings. The summed E-state index contributed by atoms with van der Waals surface area (Å²) in [6, 6.07) is 4.00. The SMILES string of the molecule is CS(=O)(=O)c1nc(C(=O)C(F)(F)F)c2ccccn12. The third-order valence-corrected chi connectivity index (χ3v) is 3.27. The Morgan fingerprint density at radius 1 is 1.32 bits per heavy atom. The number of aromatic nitrogens is 2. The second-order valence-electron chi connectivity index (χ2n) is 3.80. The van der Waals surface area contributed by atoms with Crippen LogP contribution in [0.1, 0.15) is 10.5 Å². The van der Waals surface area contributed by atoms with Crippen LogP contribution in [0.4, 0.5) is 13.2 Å². The third kappa shape index (κ3) is 2.33. The van der Waals surface area contributed by atoms with Gasteiger partial charge in [0.15, 0.2) is 0 Å². The fraction of sp³-hybridized carbons (Fsp3) is 0.200. The maximum absolute atomic E-state index is 12.4. The van der Waals surface area contributed by atoms with Crippen molar-refractivity contribution in [1.82, 2.24) is 9.38 Å². The van der Waals surface area contributed by atoms with Gasteiger partial charge in [-0.1, -0.05) is 6.07 Å². The number of nitrogens with zero attached hydrogens (tertiary/aromatic N) is 2. The van der Waals surface area contributed by atoms with Crippen molar-refractivity contribution in [3.05, 3.63) is 30.1 Å². The topological polar surface area (TPSA) is 68.5 Å². The molecule has 5 nitrogen and oxygen atoms in total. The quantitative estimate of drug-likeness (QED) is 0.786. The highest BCUT2D eigenvalue weighted by Crippen LogP contribution is 2.25. The molecular formula is C10H7F3N2O3S. The molecule has 9 heteroatoms. The smallest absolute Gasteiger partial charge is 0.290 e. The highest BCUT2D eigenvalue weighted by molar-refractivity contribution is 7.90. The molecule has 0 bridgehead atoms. The maximum Gasteiger partial charge on any atom is 0.456 e. The number of hydrogen-bond donors (Lipinski definition) is 0. The molecule has 0 atom stereocenters. The number of carbonyl (C=O) groups is 1. The Bertz CT molecular complexity index is 762. The van der Waals surface area contributed by atoms with E-state index >= 15 is 0 Å². The normalized spacial score (nSPS) is 12.8. The van der Waals surface area contributed by atoms with E-state index in [4.69, 9.17) is 0 Å². The van der Waals surface area contributed by atoms with Gasteiger partial charge in [0.25, 0.3) is 5.78 Å². The van der Waals surface area contributed by atoms with Crippen molar-refractivity contribution < 1.29 is 26.4 Å². The zero-order valence-corrected chi connectivity index (χ0v) is 10.3. The monoisotopic (exact) mass is 292 g/mol. The highest BCUT2D eigenvalue weighted by Gasteiger charge is 2.42. The summed E-state index contributed by atoms with van der Waals surface area (Å²) in [5, 5.41) is -0.601. The number of carbonyl (C=O) groups excluding carboxylic acids is 1. The van der Waals surface area contributed by atoms with E-state index in [2.05, 4.69) is 4.98 Å². The lowest BCUT2D eigenvalue weighted by Crippen LogP contribution is -2.23. The van der Waals surface area contributed by atoms with Gasteiger partial charge in [0, 0.05) is 12.5 Å². The van der Waals surface area contributed by atoms with E-state index in [9.17, 15) is 26.4 Å². The van der Waals surface area contributed by atoms with Gasteiger partial charge in [0.2, 0.25) is 15.0 Å². The summed E-state index contributed by atoms with van der Waals surface area (Å²) >= 11 is 0. The molecule has 2 aromatic heterocycles. The Balaban J connectivity index is 2.82. The molecule has 0 unspecified atom stereocenters. The summed E-state index contributed by atoms with van der Waals surface area (Å²) in [6.45, 7) is 0. The highest BCUT2D eigenvalue weighted by atomic mass is 32.2. The lowest BCUT2D eigenvalue weighted by atomic mass is 10.2. The van der Waals surface area contributed by atoms with Crippen LogP contribution in [0.25, 0.3) is 5.52 Å². The van der Waals surface area contributed by atoms with Gasteiger partial charge < -0.3 is 0 Å². The molecule has 0 aliphatic carbocycles. The largest absolute Gasteiger partial charge is 0.456 e. The second-order valence-corrected chi connectivity index (χ2v) is 5.71. The molecule has 102 valence electrons. The number of ketones is 1. The average Bonchev–Trinajstić information content (AvgIpc) is 2.65. The molecule has 0 aromatic carbocycles. The molecule has 0 spiro atoms. The fourth-order valence-corrected chi connectivity index (χ4v) is 2.35. The molecule has 0 aliphatic rings. The first-order valence-corrected chi connectivity index (χ1v) is 6.80. The summed E-state index contributed by atoms with van der Waals surface area (Å²) in [4.78, 5) is 14.6. The van der Waals surface area contributed by atoms with E-state index < -0.39 is 32.6 Å². The van der Waals surface area contributed by atoms with Gasteiger partial charge in [0.1, 0.15) is 5.69 Å². The average molecular weight is 292 g/mol. The van der Waals surface area contributed by atoms with Crippen molar-refractivity contribution in [1.29, 1.82) is 0 Å². The van der Waals surface area contributed by atoms with Gasteiger partial charge in [-0.25, -0.2) is 13.4 Å². The summed E-state index contributed by atoms with van der Waals surface area (Å²) < 4.78 is 61.1. The fourth-order valence-electron chi connectivity index (χ4n) is 1.57. The molecule has 0 amide bonds. The minimum absolute atomic E-state index is 0.203. The molecule has 2 heterocycles. The first-order valence-electron chi connectivity index (χ1n) is 4.91. The predicted molar refractivity (Wildman–Crippen MR) is 58.7 cm³/mol. The lowest BCUT2D eigenvalue weighted by Gasteiger charge is -2.02. The number of rotatable bonds is 2. The molecule has 0 saturated carbocycles. The Hall–Kier alpha value is -1.90. The number of Topliss-reactive ketones (excluding diaryl/α,β-unsaturated/α-hetero) is 1. The van der Waals surface area contributed by atoms with Crippen molar-refractivity contribution in [3.63, 3.8) is 0 Å². The zero-order valence-electron chi connectivity index (χ0n) is 9.47. The molecule has 2 rings (SSSR count). The van der Waals surface area contributed by atoms with Crippen molar-refractivity contribution >= 4 is 21.1 Å². The predicted octanol–water partition coefficient (Wildman–Crippen LogP) is 1.48. The van der Waals surface area contributed by atoms with Crippen molar-refractivity contribution in [2.75, 3.05) is 6.26 Å². The molecule has 19 heavy (non-hydrogen) atoms. The summed E-state index contributed by atoms with van der Waals surface area (Å²) in [5.74, 6) is -2.17. The van der Waals surface area contributed by atoms with Gasteiger partial charge in [0.05, 0.1) is 5.52 Å². The Morgan fingerprint density at radius 2 is 1.95 bits per heavy atom. The van der Waals surface area contributed by atoms with E-state index in [0.29, 0.717) is 0 Å². The van der Waals surface area contributed by atoms with Crippen LogP contribution in [0.3, 0.4) is 0 Å². The van der Waals surface area contributed by atoms with E-state index in [1.807, 2.05) is 0 Å². The summed E-state index contributed by atoms with van der Waals surface area (Å²) in [6.07, 6.45) is -3.08. The minimum atomic E-state index is -5.11. The molecule has 0 radical (unpaired) electrons. The lowest BCUT2D eigenvalue weighted by molar-refractivity contribution is -0.0887. The number of imidazole rings is 1. The second kappa shape index (κ2) is 4.05. The Labute approximate surface area is 105 Å². The molecule has 0 aliphatic heterocycles. The third-order valence-electron chi connectivity index (χ3n) is 2.32. The summed E-state index contributed by atoms with van der Waals surface area (Å²) in [7, 11) is -3.86. The number of alkyl halides is 3. The van der Waals surface area contributed by atoms with Crippen LogP contribution in [0.2, 0.25) is 0 Å². The van der Waals surface area contributed by atoms with Gasteiger partial charge in [-0.05, 0) is 12.1 Å². The van der Waals surface area contributed by atoms with Gasteiger partial charge in [-0.15, -0.1) is 0 Å². The van der Waals surface area contributed by atoms with Gasteiger partial charge in [-0.2, -0.15) is 13.2 Å². The number of hydrogen-bond acceptors (Lipinski definition) is 4. The van der Waals surface area contributed by atoms with Gasteiger partial charge >= 0.3 is 6.18 Å². The van der Waals surface area contributed by atoms with Crippen molar-refractivity contribution in [2.45, 2.75) is 11.3 Å². The van der Waals surface area contributed by atoms with Crippen LogP contribution in [-0.4, -0.2) is 36.0 Å². The van der Waals surface area contributed by atoms with Crippen molar-refractivity contribution in [3.8, 4) is 0 Å². The van der Waals surface area contributed by atoms with Crippen LogP contribution < -0.4 is 0 Å². The standard InChI is InChI=1S/C10H7F3N2O3S/c1-19(17,18)9-14-7(8(16)10(11,12)13)6-4-2-3-5-15(6)9/h2-5H,1H3. The molecule has 0 fully saturated rings. The van der Waals surface area contributed by atoms with Crippen LogP contribution >= 0.6 is 0 Å². The summed E-state index contributed by atoms with van der Waals surface area (Å²) in [5.41, 5.74) is -1.13. The number of fused-ring (bicyclic) bond motifs is 1. The molecule has 0 saturated heterocycles. The first-order chi connectivity index (χ1) is 8.62. The van der Waals surface area contributed by atoms with E-state index in [-0.39, 0.29) is 5.52 Å². The minimum Gasteiger partial charge on any atom is -0.290 e. The number of halogens is 3. The molecular weight excluding hydrogens is 285 g/mol. The number of sulfone groups is 1. The first kappa shape index (κ1) is 13.5. The van der Waals surface area contributed by atoms with E-state index in [1.54, 1.807) is 0 Å². The van der Waals surface area contributed by atoms with Crippen molar-refractivity contribution in [2.24, 2.45) is 0 Å². The zero-order chi connectivity index (χ0) is 14.4. The molecule has 0 N–H and O–H groups in total. The Morgan fingerprint density at radius 3 is 2.47 bits per heavy atom. The van der Waals surface area contributed by atoms with Crippen LogP contribution in [-0.2, 0) is 9.84 Å². The maximum atomic E-state index is 12.4. The van der Waals surface area contributed by atoms with E-state index in [1.165, 1.54) is 24.4 Å². The van der Waals surface area contributed by atoms with Crippen LogP contribution in [0.15, 0.2) is 29.6 Å². The van der Waals surface area contributed by atoms with Gasteiger partial charge in [-0.3, -0.25) is 9.20 Å². The Kier molecular flexibility index (Phi) is 2.89. The van der Waals surface area contributed by atoms with E-state index in [0.717, 1.165) is 10.7 Å². The van der Waals surface area contributed by atoms with Crippen LogP contribution in [0, 0.1) is 0 Å². The van der Waals surface area contributed by atoms with Crippen LogP contribution in [0.5, 0.6) is 0 Å². The number of pyridine rings is 1.